The van der Waals surface area contributed by atoms with E-state index in [1.165, 1.54) is 42.4 Å². The van der Waals surface area contributed by atoms with Crippen LogP contribution in [0.4, 0.5) is 0 Å². The zero-order valence-electron chi connectivity index (χ0n) is 18.5. The molecule has 164 valence electrons. The molecule has 2 amide bonds. The first kappa shape index (κ1) is 20.7. The molecule has 0 N–H and O–H groups in total. The van der Waals surface area contributed by atoms with Crippen LogP contribution in [0, 0.1) is 23.2 Å². The predicted molar refractivity (Wildman–Crippen MR) is 125 cm³/mol. The highest BCUT2D eigenvalue weighted by Gasteiger charge is 2.57. The minimum atomic E-state index is -0.511. The fourth-order valence-electron chi connectivity index (χ4n) is 6.13. The molecule has 2 aromatic rings. The molecule has 0 bridgehead atoms. The van der Waals surface area contributed by atoms with Gasteiger partial charge in [0.15, 0.2) is 0 Å². The Hall–Kier alpha value is -2.14. The van der Waals surface area contributed by atoms with Crippen LogP contribution in [0.2, 0.25) is 0 Å². The topological polar surface area (TPSA) is 40.6 Å². The van der Waals surface area contributed by atoms with Crippen LogP contribution in [0.5, 0.6) is 0 Å². The van der Waals surface area contributed by atoms with E-state index in [2.05, 4.69) is 41.1 Å². The van der Waals surface area contributed by atoms with Gasteiger partial charge >= 0.3 is 0 Å². The summed E-state index contributed by atoms with van der Waals surface area (Å²) in [6.45, 7) is 1.27. The van der Waals surface area contributed by atoms with Gasteiger partial charge in [-0.15, -0.1) is 0 Å². The molecule has 1 aromatic carbocycles. The van der Waals surface area contributed by atoms with Crippen molar-refractivity contribution in [2.24, 2.45) is 23.2 Å². The fraction of sp³-hybridized carbons (Fsp3) is 0.538. The molecule has 4 atom stereocenters. The normalized spacial score (nSPS) is 29.5. The highest BCUT2D eigenvalue weighted by molar-refractivity contribution is 7.08. The number of amides is 2. The van der Waals surface area contributed by atoms with Gasteiger partial charge in [0.05, 0.1) is 5.41 Å². The Balaban J connectivity index is 1.33. The third kappa shape index (κ3) is 3.82. The maximum Gasteiger partial charge on any atom is 0.230 e. The summed E-state index contributed by atoms with van der Waals surface area (Å²) >= 11 is 1.70. The maximum absolute atomic E-state index is 13.3. The molecule has 5 heteroatoms. The van der Waals surface area contributed by atoms with Gasteiger partial charge in [-0.2, -0.15) is 11.3 Å². The van der Waals surface area contributed by atoms with E-state index in [4.69, 9.17) is 0 Å². The zero-order valence-corrected chi connectivity index (χ0v) is 19.4. The average molecular weight is 437 g/mol. The van der Waals surface area contributed by atoms with Gasteiger partial charge in [-0.1, -0.05) is 37.1 Å². The second kappa shape index (κ2) is 8.09. The molecular formula is C26H32N2O2S. The lowest BCUT2D eigenvalue weighted by molar-refractivity contribution is -0.140. The van der Waals surface area contributed by atoms with E-state index in [-0.39, 0.29) is 11.8 Å². The first-order chi connectivity index (χ1) is 15.0. The second-order valence-electron chi connectivity index (χ2n) is 10.0. The summed E-state index contributed by atoms with van der Waals surface area (Å²) < 4.78 is 0. The minimum absolute atomic E-state index is 0.151. The number of rotatable bonds is 5. The quantitative estimate of drug-likeness (QED) is 0.682. The van der Waals surface area contributed by atoms with Gasteiger partial charge in [0.25, 0.3) is 0 Å². The van der Waals surface area contributed by atoms with Crippen molar-refractivity contribution in [2.45, 2.75) is 38.5 Å². The highest BCUT2D eigenvalue weighted by atomic mass is 32.1. The molecule has 2 aliphatic carbocycles. The average Bonchev–Trinajstić information content (AvgIpc) is 3.09. The van der Waals surface area contributed by atoms with Crippen molar-refractivity contribution >= 4 is 23.2 Å². The summed E-state index contributed by atoms with van der Waals surface area (Å²) in [5.41, 5.74) is 3.10. The molecule has 4 nitrogen and oxygen atoms in total. The molecular weight excluding hydrogens is 404 g/mol. The number of carbonyl (C=O) groups excluding carboxylic acids is 2. The van der Waals surface area contributed by atoms with Crippen molar-refractivity contribution in [2.75, 3.05) is 27.2 Å². The lowest BCUT2D eigenvalue weighted by atomic mass is 9.79. The number of nitrogens with zero attached hydrogens (tertiary/aromatic N) is 2. The fourth-order valence-corrected chi connectivity index (χ4v) is 6.80. The van der Waals surface area contributed by atoms with Crippen LogP contribution in [0.3, 0.4) is 0 Å². The minimum Gasteiger partial charge on any atom is -0.348 e. The van der Waals surface area contributed by atoms with Crippen LogP contribution in [-0.2, 0) is 16.0 Å². The molecule has 0 spiro atoms. The zero-order chi connectivity index (χ0) is 21.6. The van der Waals surface area contributed by atoms with Crippen molar-refractivity contribution in [3.8, 4) is 11.1 Å². The highest BCUT2D eigenvalue weighted by Crippen LogP contribution is 2.56. The van der Waals surface area contributed by atoms with Gasteiger partial charge in [-0.3, -0.25) is 9.59 Å². The van der Waals surface area contributed by atoms with Gasteiger partial charge in [0, 0.05) is 33.1 Å². The first-order valence-electron chi connectivity index (χ1n) is 11.6. The predicted octanol–water partition coefficient (Wildman–Crippen LogP) is 4.70. The molecule has 1 unspecified atom stereocenters. The largest absolute Gasteiger partial charge is 0.348 e. The Labute approximate surface area is 189 Å². The Morgan fingerprint density at radius 3 is 2.39 bits per heavy atom. The van der Waals surface area contributed by atoms with Crippen LogP contribution < -0.4 is 0 Å². The Bertz CT molecular complexity index is 940. The van der Waals surface area contributed by atoms with Crippen LogP contribution in [0.25, 0.3) is 11.1 Å². The van der Waals surface area contributed by atoms with Crippen molar-refractivity contribution in [1.29, 1.82) is 0 Å². The number of thiophene rings is 1. The molecule has 3 fully saturated rings. The van der Waals surface area contributed by atoms with E-state index in [1.807, 2.05) is 19.0 Å². The first-order valence-corrected chi connectivity index (χ1v) is 12.5. The monoisotopic (exact) mass is 436 g/mol. The van der Waals surface area contributed by atoms with Crippen LogP contribution in [0.15, 0.2) is 41.1 Å². The summed E-state index contributed by atoms with van der Waals surface area (Å²) in [4.78, 5) is 30.3. The molecule has 2 heterocycles. The number of hydrogen-bond acceptors (Lipinski definition) is 3. The van der Waals surface area contributed by atoms with E-state index >= 15 is 0 Å². The summed E-state index contributed by atoms with van der Waals surface area (Å²) in [5, 5.41) is 4.25. The van der Waals surface area contributed by atoms with E-state index in [0.29, 0.717) is 37.3 Å². The third-order valence-corrected chi connectivity index (χ3v) is 8.50. The molecule has 5 rings (SSSR count). The Kier molecular flexibility index (Phi) is 5.41. The summed E-state index contributed by atoms with van der Waals surface area (Å²) in [6, 6.07) is 10.7. The van der Waals surface area contributed by atoms with E-state index in [0.717, 1.165) is 6.42 Å². The van der Waals surface area contributed by atoms with Gasteiger partial charge in [0.2, 0.25) is 11.8 Å². The summed E-state index contributed by atoms with van der Waals surface area (Å²) in [5.74, 6) is 1.93. The second-order valence-corrected chi connectivity index (χ2v) is 10.8. The molecule has 2 saturated carbocycles. The van der Waals surface area contributed by atoms with Crippen molar-refractivity contribution in [1.82, 2.24) is 9.80 Å². The van der Waals surface area contributed by atoms with Gasteiger partial charge in [-0.05, 0) is 71.0 Å². The maximum atomic E-state index is 13.3. The number of hydrogen-bond donors (Lipinski definition) is 0. The molecule has 1 saturated heterocycles. The third-order valence-electron chi connectivity index (χ3n) is 7.82. The van der Waals surface area contributed by atoms with Crippen LogP contribution in [0.1, 0.15) is 37.7 Å². The molecule has 3 aliphatic rings. The Morgan fingerprint density at radius 1 is 1.06 bits per heavy atom. The lowest BCUT2D eigenvalue weighted by Gasteiger charge is -2.31. The number of benzene rings is 1. The van der Waals surface area contributed by atoms with Crippen LogP contribution in [-0.4, -0.2) is 48.8 Å². The molecule has 1 aromatic heterocycles. The van der Waals surface area contributed by atoms with E-state index in [1.54, 1.807) is 16.2 Å². The van der Waals surface area contributed by atoms with E-state index < -0.39 is 5.41 Å². The smallest absolute Gasteiger partial charge is 0.230 e. The summed E-state index contributed by atoms with van der Waals surface area (Å²) in [7, 11) is 3.67. The standard InChI is InChI=1S/C26H32N2O2S/c1-27(2)25(30)26(15-18-7-9-19(10-8-18)20-11-14-31-16-20)12-13-28(17-26)24(29)23-21-5-3-4-6-22(21)23/h7-11,14,16,21-23H,3-6,12-13,15,17H2,1-2H3/t21-,22+,23?,26-/m1/s1. The summed E-state index contributed by atoms with van der Waals surface area (Å²) in [6.07, 6.45) is 6.42. The number of carbonyl (C=O) groups is 2. The van der Waals surface area contributed by atoms with Crippen molar-refractivity contribution in [3.05, 3.63) is 46.7 Å². The van der Waals surface area contributed by atoms with E-state index in [9.17, 15) is 9.59 Å². The van der Waals surface area contributed by atoms with Gasteiger partial charge in [-0.25, -0.2) is 0 Å². The van der Waals surface area contributed by atoms with Crippen molar-refractivity contribution < 1.29 is 9.59 Å². The molecule has 1 aliphatic heterocycles. The SMILES string of the molecule is CN(C)C(=O)[C@@]1(Cc2ccc(-c3ccsc3)cc2)CCN(C(=O)C2[C@H]3CCCC[C@@H]23)C1. The van der Waals surface area contributed by atoms with Crippen molar-refractivity contribution in [3.63, 3.8) is 0 Å². The van der Waals surface area contributed by atoms with Gasteiger partial charge in [0.1, 0.15) is 0 Å². The van der Waals surface area contributed by atoms with Crippen LogP contribution >= 0.6 is 11.3 Å². The number of fused-ring (bicyclic) bond motifs is 1. The molecule has 0 radical (unpaired) electrons. The number of likely N-dealkylation sites (tertiary alicyclic amines) is 1. The Morgan fingerprint density at radius 2 is 1.77 bits per heavy atom. The van der Waals surface area contributed by atoms with Gasteiger partial charge < -0.3 is 9.80 Å². The lowest BCUT2D eigenvalue weighted by Crippen LogP contribution is -2.45. The molecule has 31 heavy (non-hydrogen) atoms.